The van der Waals surface area contributed by atoms with Crippen molar-refractivity contribution in [3.05, 3.63) is 76.3 Å². The highest BCUT2D eigenvalue weighted by atomic mass is 35.5. The largest absolute Gasteiger partial charge is 0.452 e. The SMILES string of the molecule is C=CC[N@@+]1(C)CC[C@@]2(c3cccc(OC(C)=O)c3)C[C@@H](NC(=O)Cc3ccc(Cl)c(Cl)c3)CCC2(OC(C)=O)C1. The van der Waals surface area contributed by atoms with E-state index < -0.39 is 17.0 Å². The lowest BCUT2D eigenvalue weighted by molar-refractivity contribution is -0.917. The van der Waals surface area contributed by atoms with Crippen molar-refractivity contribution in [3.63, 3.8) is 0 Å². The predicted molar refractivity (Wildman–Crippen MR) is 155 cm³/mol. The smallest absolute Gasteiger partial charge is 0.308 e. The van der Waals surface area contributed by atoms with Crippen LogP contribution in [-0.4, -0.2) is 60.7 Å². The second kappa shape index (κ2) is 11.9. The third-order valence-corrected chi connectivity index (χ3v) is 9.09. The number of hydrogen-bond acceptors (Lipinski definition) is 5. The average Bonchev–Trinajstić information content (AvgIpc) is 2.86. The van der Waals surface area contributed by atoms with Crippen LogP contribution in [0.1, 0.15) is 50.7 Å². The molecule has 1 N–H and O–H groups in total. The Morgan fingerprint density at radius 3 is 2.55 bits per heavy atom. The summed E-state index contributed by atoms with van der Waals surface area (Å²) in [6.45, 7) is 8.96. The third kappa shape index (κ3) is 6.37. The fourth-order valence-electron chi connectivity index (χ4n) is 6.78. The topological polar surface area (TPSA) is 81.7 Å². The van der Waals surface area contributed by atoms with Gasteiger partial charge in [-0.3, -0.25) is 14.4 Å². The number of likely N-dealkylation sites (N-methyl/N-ethyl adjacent to an activating group) is 1. The lowest BCUT2D eigenvalue weighted by atomic mass is 9.54. The Labute approximate surface area is 246 Å². The van der Waals surface area contributed by atoms with E-state index >= 15 is 0 Å². The molecule has 40 heavy (non-hydrogen) atoms. The molecule has 1 heterocycles. The summed E-state index contributed by atoms with van der Waals surface area (Å²) >= 11 is 12.2. The predicted octanol–water partition coefficient (Wildman–Crippen LogP) is 5.41. The van der Waals surface area contributed by atoms with Gasteiger partial charge in [-0.25, -0.2) is 0 Å². The molecule has 1 aliphatic carbocycles. The van der Waals surface area contributed by atoms with Crippen LogP contribution in [0.3, 0.4) is 0 Å². The van der Waals surface area contributed by atoms with Crippen LogP contribution in [-0.2, 0) is 31.0 Å². The molecule has 0 aromatic heterocycles. The van der Waals surface area contributed by atoms with Gasteiger partial charge in [0.25, 0.3) is 0 Å². The van der Waals surface area contributed by atoms with E-state index in [-0.39, 0.29) is 24.3 Å². The molecule has 2 aromatic carbocycles. The summed E-state index contributed by atoms with van der Waals surface area (Å²) in [4.78, 5) is 37.5. The van der Waals surface area contributed by atoms with Gasteiger partial charge < -0.3 is 19.3 Å². The number of benzene rings is 2. The number of fused-ring (bicyclic) bond motifs is 1. The lowest BCUT2D eigenvalue weighted by Crippen LogP contribution is -2.72. The van der Waals surface area contributed by atoms with Gasteiger partial charge in [0.2, 0.25) is 5.91 Å². The second-order valence-electron chi connectivity index (χ2n) is 11.4. The van der Waals surface area contributed by atoms with Crippen LogP contribution in [0.15, 0.2) is 55.1 Å². The van der Waals surface area contributed by atoms with Crippen LogP contribution in [0.4, 0.5) is 0 Å². The average molecular weight is 589 g/mol. The Morgan fingerprint density at radius 1 is 1.10 bits per heavy atom. The molecular weight excluding hydrogens is 551 g/mol. The molecule has 2 fully saturated rings. The van der Waals surface area contributed by atoms with Gasteiger partial charge in [0.1, 0.15) is 12.3 Å². The van der Waals surface area contributed by atoms with Crippen LogP contribution in [0.5, 0.6) is 5.75 Å². The van der Waals surface area contributed by atoms with Crippen molar-refractivity contribution < 1.29 is 28.3 Å². The molecular formula is C31H37Cl2N2O5+. The number of nitrogens with one attached hydrogen (secondary N) is 1. The van der Waals surface area contributed by atoms with Crippen molar-refractivity contribution in [2.45, 2.75) is 63.0 Å². The van der Waals surface area contributed by atoms with Crippen molar-refractivity contribution in [3.8, 4) is 5.75 Å². The quantitative estimate of drug-likeness (QED) is 0.193. The minimum Gasteiger partial charge on any atom is -0.452 e. The molecule has 1 saturated heterocycles. The Bertz CT molecular complexity index is 1320. The molecule has 7 nitrogen and oxygen atoms in total. The van der Waals surface area contributed by atoms with Gasteiger partial charge in [-0.1, -0.05) is 48.0 Å². The molecule has 1 saturated carbocycles. The minimum absolute atomic E-state index is 0.115. The van der Waals surface area contributed by atoms with Crippen molar-refractivity contribution in [1.29, 1.82) is 0 Å². The number of nitrogens with zero attached hydrogens (tertiary/aromatic N) is 1. The normalized spacial score (nSPS) is 27.7. The van der Waals surface area contributed by atoms with E-state index in [1.165, 1.54) is 13.8 Å². The summed E-state index contributed by atoms with van der Waals surface area (Å²) in [5, 5.41) is 4.08. The first-order valence-electron chi connectivity index (χ1n) is 13.6. The van der Waals surface area contributed by atoms with Crippen molar-refractivity contribution in [1.82, 2.24) is 5.32 Å². The maximum absolute atomic E-state index is 13.2. The third-order valence-electron chi connectivity index (χ3n) is 8.35. The zero-order valence-corrected chi connectivity index (χ0v) is 24.8. The number of esters is 2. The monoisotopic (exact) mass is 587 g/mol. The minimum atomic E-state index is -0.811. The summed E-state index contributed by atoms with van der Waals surface area (Å²) in [5.74, 6) is -0.420. The van der Waals surface area contributed by atoms with E-state index in [0.29, 0.717) is 52.5 Å². The fourth-order valence-corrected chi connectivity index (χ4v) is 7.10. The number of hydrogen-bond donors (Lipinski definition) is 1. The van der Waals surface area contributed by atoms with Gasteiger partial charge in [0.05, 0.1) is 36.6 Å². The van der Waals surface area contributed by atoms with E-state index in [1.54, 1.807) is 24.3 Å². The van der Waals surface area contributed by atoms with E-state index in [1.807, 2.05) is 24.3 Å². The highest BCUT2D eigenvalue weighted by Crippen LogP contribution is 2.55. The zero-order chi connectivity index (χ0) is 29.1. The van der Waals surface area contributed by atoms with E-state index in [4.69, 9.17) is 32.7 Å². The van der Waals surface area contributed by atoms with Crippen molar-refractivity contribution in [2.75, 3.05) is 26.7 Å². The molecule has 4 atom stereocenters. The van der Waals surface area contributed by atoms with Gasteiger partial charge >= 0.3 is 11.9 Å². The molecule has 9 heteroatoms. The highest BCUT2D eigenvalue weighted by Gasteiger charge is 2.64. The molecule has 2 aromatic rings. The molecule has 214 valence electrons. The molecule has 1 aliphatic heterocycles. The van der Waals surface area contributed by atoms with E-state index in [9.17, 15) is 14.4 Å². The Balaban J connectivity index is 1.70. The van der Waals surface area contributed by atoms with Gasteiger partial charge in [-0.15, -0.1) is 0 Å². The number of carbonyl (C=O) groups is 3. The van der Waals surface area contributed by atoms with Crippen LogP contribution in [0.2, 0.25) is 10.0 Å². The first-order chi connectivity index (χ1) is 18.9. The highest BCUT2D eigenvalue weighted by molar-refractivity contribution is 6.42. The Morgan fingerprint density at radius 2 is 1.88 bits per heavy atom. The summed E-state index contributed by atoms with van der Waals surface area (Å²) < 4.78 is 12.5. The Kier molecular flexibility index (Phi) is 8.98. The Hall–Kier alpha value is -2.87. The van der Waals surface area contributed by atoms with Crippen LogP contribution < -0.4 is 10.1 Å². The molecule has 4 rings (SSSR count). The van der Waals surface area contributed by atoms with Crippen LogP contribution >= 0.6 is 23.2 Å². The van der Waals surface area contributed by atoms with Gasteiger partial charge in [-0.05, 0) is 60.7 Å². The lowest BCUT2D eigenvalue weighted by Gasteiger charge is -2.60. The number of carbonyl (C=O) groups excluding carboxylic acids is 3. The first-order valence-corrected chi connectivity index (χ1v) is 14.3. The van der Waals surface area contributed by atoms with Crippen LogP contribution in [0.25, 0.3) is 0 Å². The number of quaternary nitrogens is 1. The standard InChI is InChI=1S/C31H36Cl2N2O5/c1-5-14-35(4)15-13-30(24-7-6-8-26(18-24)39-21(2)36)19-25(11-12-31(30,20-35)40-22(3)37)34-29(38)17-23-9-10-27(32)28(33)16-23/h5-10,16,18,25H,1,11-15,17,19-20H2,2-4H3/p+1/t25-,30-,31?,35-/m0/s1. The maximum Gasteiger partial charge on any atom is 0.308 e. The molecule has 1 amide bonds. The number of ether oxygens (including phenoxy) is 2. The number of halogens is 2. The van der Waals surface area contributed by atoms with Crippen molar-refractivity contribution >= 4 is 41.0 Å². The van der Waals surface area contributed by atoms with Gasteiger partial charge in [0.15, 0.2) is 5.60 Å². The van der Waals surface area contributed by atoms with Gasteiger partial charge in [0, 0.05) is 31.7 Å². The molecule has 2 aliphatic rings. The summed E-state index contributed by atoms with van der Waals surface area (Å²) in [7, 11) is 2.16. The molecule has 0 bridgehead atoms. The molecule has 1 unspecified atom stereocenters. The zero-order valence-electron chi connectivity index (χ0n) is 23.3. The number of amides is 1. The number of likely N-dealkylation sites (tertiary alicyclic amines) is 1. The summed E-state index contributed by atoms with van der Waals surface area (Å²) in [5.41, 5.74) is 0.291. The van der Waals surface area contributed by atoms with E-state index in [2.05, 4.69) is 18.9 Å². The van der Waals surface area contributed by atoms with Gasteiger partial charge in [-0.2, -0.15) is 0 Å². The number of rotatable bonds is 8. The molecule has 0 spiro atoms. The van der Waals surface area contributed by atoms with Crippen molar-refractivity contribution in [2.24, 2.45) is 0 Å². The number of piperidine rings is 1. The first kappa shape index (κ1) is 30.1. The summed E-state index contributed by atoms with van der Waals surface area (Å²) in [6, 6.07) is 12.5. The second-order valence-corrected chi connectivity index (χ2v) is 12.3. The van der Waals surface area contributed by atoms with Crippen LogP contribution in [0, 0.1) is 0 Å². The maximum atomic E-state index is 13.2. The molecule has 0 radical (unpaired) electrons. The summed E-state index contributed by atoms with van der Waals surface area (Å²) in [6.07, 6.45) is 4.60. The van der Waals surface area contributed by atoms with E-state index in [0.717, 1.165) is 24.2 Å². The fraction of sp³-hybridized carbons (Fsp3) is 0.452.